The molecule has 20 heavy (non-hydrogen) atoms. The molecular weight excluding hydrogens is 260 g/mol. The summed E-state index contributed by atoms with van der Waals surface area (Å²) >= 11 is 0. The Morgan fingerprint density at radius 1 is 1.55 bits per heavy atom. The molecule has 2 amide bonds. The zero-order valence-electron chi connectivity index (χ0n) is 11.6. The van der Waals surface area contributed by atoms with E-state index in [9.17, 15) is 9.59 Å². The topological polar surface area (TPSA) is 71.8 Å². The van der Waals surface area contributed by atoms with Crippen molar-refractivity contribution in [3.05, 3.63) is 24.2 Å². The molecule has 110 valence electrons. The smallest absolute Gasteiger partial charge is 0.318 e. The lowest BCUT2D eigenvalue weighted by molar-refractivity contribution is -0.142. The predicted octanol–water partition coefficient (Wildman–Crippen LogP) is 2.08. The van der Waals surface area contributed by atoms with E-state index < -0.39 is 0 Å². The van der Waals surface area contributed by atoms with Crippen LogP contribution in [0.1, 0.15) is 38.0 Å². The Kier molecular flexibility index (Phi) is 5.03. The van der Waals surface area contributed by atoms with Gasteiger partial charge in [0.05, 0.1) is 25.3 Å². The van der Waals surface area contributed by atoms with Crippen LogP contribution in [0.3, 0.4) is 0 Å². The molecule has 1 N–H and O–H groups in total. The summed E-state index contributed by atoms with van der Waals surface area (Å²) in [5.41, 5.74) is 0. The van der Waals surface area contributed by atoms with E-state index in [2.05, 4.69) is 5.32 Å². The molecule has 1 unspecified atom stereocenters. The van der Waals surface area contributed by atoms with Crippen LogP contribution in [-0.2, 0) is 9.53 Å². The highest BCUT2D eigenvalue weighted by Crippen LogP contribution is 2.31. The minimum atomic E-state index is -0.295. The molecule has 2 rings (SSSR count). The summed E-state index contributed by atoms with van der Waals surface area (Å²) in [6.07, 6.45) is 3.67. The fourth-order valence-electron chi connectivity index (χ4n) is 2.39. The van der Waals surface area contributed by atoms with Gasteiger partial charge in [0, 0.05) is 13.1 Å². The van der Waals surface area contributed by atoms with Crippen molar-refractivity contribution in [1.82, 2.24) is 10.2 Å². The van der Waals surface area contributed by atoms with Crippen molar-refractivity contribution in [2.45, 2.75) is 32.2 Å². The summed E-state index contributed by atoms with van der Waals surface area (Å²) < 4.78 is 10.2. The van der Waals surface area contributed by atoms with Gasteiger partial charge in [-0.2, -0.15) is 0 Å². The van der Waals surface area contributed by atoms with Gasteiger partial charge in [-0.3, -0.25) is 4.79 Å². The van der Waals surface area contributed by atoms with E-state index >= 15 is 0 Å². The van der Waals surface area contributed by atoms with Gasteiger partial charge in [-0.15, -0.1) is 0 Å². The highest BCUT2D eigenvalue weighted by Gasteiger charge is 2.31. The van der Waals surface area contributed by atoms with Crippen LogP contribution in [0.25, 0.3) is 0 Å². The van der Waals surface area contributed by atoms with Gasteiger partial charge < -0.3 is 19.4 Å². The summed E-state index contributed by atoms with van der Waals surface area (Å²) in [6.45, 7) is 3.11. The van der Waals surface area contributed by atoms with Crippen molar-refractivity contribution < 1.29 is 18.7 Å². The van der Waals surface area contributed by atoms with Crippen molar-refractivity contribution in [2.24, 2.45) is 0 Å². The molecule has 0 radical (unpaired) electrons. The van der Waals surface area contributed by atoms with Gasteiger partial charge in [0.2, 0.25) is 0 Å². The quantitative estimate of drug-likeness (QED) is 0.838. The molecule has 0 spiro atoms. The van der Waals surface area contributed by atoms with E-state index in [0.29, 0.717) is 19.7 Å². The van der Waals surface area contributed by atoms with Gasteiger partial charge in [-0.25, -0.2) is 4.79 Å². The third kappa shape index (κ3) is 3.53. The fourth-order valence-corrected chi connectivity index (χ4v) is 2.39. The first-order valence-electron chi connectivity index (χ1n) is 6.96. The maximum atomic E-state index is 12.1. The number of ether oxygens (including phenoxy) is 1. The monoisotopic (exact) mass is 280 g/mol. The predicted molar refractivity (Wildman–Crippen MR) is 72.0 cm³/mol. The zero-order valence-corrected chi connectivity index (χ0v) is 11.6. The van der Waals surface area contributed by atoms with Crippen LogP contribution >= 0.6 is 0 Å². The first kappa shape index (κ1) is 14.4. The number of carbonyl (C=O) groups excluding carboxylic acids is 2. The number of nitrogens with one attached hydrogen (secondary N) is 1. The highest BCUT2D eigenvalue weighted by atomic mass is 16.5. The number of nitrogens with zero attached hydrogens (tertiary/aromatic N) is 1. The molecule has 6 nitrogen and oxygen atoms in total. The summed E-state index contributed by atoms with van der Waals surface area (Å²) in [4.78, 5) is 25.1. The van der Waals surface area contributed by atoms with Crippen molar-refractivity contribution in [1.29, 1.82) is 0 Å². The van der Waals surface area contributed by atoms with E-state index in [-0.39, 0.29) is 24.5 Å². The number of esters is 1. The number of urea groups is 1. The molecule has 1 aliphatic heterocycles. The number of carbonyl (C=O) groups is 2. The summed E-state index contributed by atoms with van der Waals surface area (Å²) in [5, 5.41) is 2.75. The molecule has 0 saturated carbocycles. The number of furan rings is 1. The van der Waals surface area contributed by atoms with Gasteiger partial charge in [0.1, 0.15) is 5.76 Å². The van der Waals surface area contributed by atoms with E-state index in [1.165, 1.54) is 0 Å². The number of hydrogen-bond donors (Lipinski definition) is 1. The normalized spacial score (nSPS) is 18.1. The van der Waals surface area contributed by atoms with Gasteiger partial charge in [0.15, 0.2) is 0 Å². The van der Waals surface area contributed by atoms with Gasteiger partial charge in [0.25, 0.3) is 0 Å². The Bertz CT molecular complexity index is 444. The number of rotatable bonds is 5. The van der Waals surface area contributed by atoms with E-state index in [4.69, 9.17) is 9.15 Å². The van der Waals surface area contributed by atoms with Crippen LogP contribution in [-0.4, -0.2) is 36.6 Å². The average Bonchev–Trinajstić information content (AvgIpc) is 3.09. The van der Waals surface area contributed by atoms with Crippen LogP contribution in [0.4, 0.5) is 4.79 Å². The van der Waals surface area contributed by atoms with Crippen LogP contribution in [0.2, 0.25) is 0 Å². The number of hydrogen-bond acceptors (Lipinski definition) is 4. The molecule has 0 bridgehead atoms. The third-order valence-electron chi connectivity index (χ3n) is 3.30. The SMILES string of the molecule is CCOC(=O)CCNC(=O)N1CCCC1c1ccco1. The number of likely N-dealkylation sites (tertiary alicyclic amines) is 1. The second-order valence-electron chi connectivity index (χ2n) is 4.65. The van der Waals surface area contributed by atoms with E-state index in [1.54, 1.807) is 18.1 Å². The second-order valence-corrected chi connectivity index (χ2v) is 4.65. The van der Waals surface area contributed by atoms with Crippen molar-refractivity contribution in [2.75, 3.05) is 19.7 Å². The molecule has 6 heteroatoms. The number of amides is 2. The minimum absolute atomic E-state index is 0.00686. The Labute approximate surface area is 118 Å². The van der Waals surface area contributed by atoms with E-state index in [1.807, 2.05) is 12.1 Å². The van der Waals surface area contributed by atoms with Gasteiger partial charge in [-0.05, 0) is 31.9 Å². The van der Waals surface area contributed by atoms with Crippen molar-refractivity contribution in [3.8, 4) is 0 Å². The largest absolute Gasteiger partial charge is 0.467 e. The Hall–Kier alpha value is -1.98. The van der Waals surface area contributed by atoms with Gasteiger partial charge >= 0.3 is 12.0 Å². The van der Waals surface area contributed by atoms with Crippen molar-refractivity contribution in [3.63, 3.8) is 0 Å². The first-order chi connectivity index (χ1) is 9.72. The Morgan fingerprint density at radius 2 is 2.40 bits per heavy atom. The lowest BCUT2D eigenvalue weighted by Crippen LogP contribution is -2.40. The van der Waals surface area contributed by atoms with Crippen LogP contribution < -0.4 is 5.32 Å². The molecule has 1 saturated heterocycles. The molecular formula is C14H20N2O4. The summed E-state index contributed by atoms with van der Waals surface area (Å²) in [5.74, 6) is 0.514. The molecule has 1 atom stereocenters. The molecule has 1 aromatic heterocycles. The molecule has 2 heterocycles. The maximum Gasteiger partial charge on any atom is 0.318 e. The van der Waals surface area contributed by atoms with Crippen LogP contribution in [0.5, 0.6) is 0 Å². The summed E-state index contributed by atoms with van der Waals surface area (Å²) in [7, 11) is 0. The Morgan fingerprint density at radius 3 is 3.10 bits per heavy atom. The van der Waals surface area contributed by atoms with Crippen LogP contribution in [0.15, 0.2) is 22.8 Å². The highest BCUT2D eigenvalue weighted by molar-refractivity contribution is 5.76. The Balaban J connectivity index is 1.81. The molecule has 1 aliphatic rings. The average molecular weight is 280 g/mol. The lowest BCUT2D eigenvalue weighted by atomic mass is 10.2. The zero-order chi connectivity index (χ0) is 14.4. The molecule has 1 fully saturated rings. The van der Waals surface area contributed by atoms with Gasteiger partial charge in [-0.1, -0.05) is 0 Å². The van der Waals surface area contributed by atoms with Crippen LogP contribution in [0, 0.1) is 0 Å². The summed E-state index contributed by atoms with van der Waals surface area (Å²) in [6, 6.07) is 3.54. The molecule has 1 aromatic rings. The molecule has 0 aliphatic carbocycles. The third-order valence-corrected chi connectivity index (χ3v) is 3.30. The molecule has 0 aromatic carbocycles. The lowest BCUT2D eigenvalue weighted by Gasteiger charge is -2.23. The minimum Gasteiger partial charge on any atom is -0.467 e. The maximum absolute atomic E-state index is 12.1. The first-order valence-corrected chi connectivity index (χ1v) is 6.96. The fraction of sp³-hybridized carbons (Fsp3) is 0.571. The second kappa shape index (κ2) is 6.98. The van der Waals surface area contributed by atoms with E-state index in [0.717, 1.165) is 18.6 Å². The van der Waals surface area contributed by atoms with Crippen molar-refractivity contribution >= 4 is 12.0 Å². The standard InChI is InChI=1S/C14H20N2O4/c1-2-19-13(17)7-8-15-14(18)16-9-3-5-11(16)12-6-4-10-20-12/h4,6,10-11H,2-3,5,7-9H2,1H3,(H,15,18).